The van der Waals surface area contributed by atoms with Gasteiger partial charge in [-0.05, 0) is 49.1 Å². The number of aromatic nitrogens is 1. The third-order valence-corrected chi connectivity index (χ3v) is 8.80. The Morgan fingerprint density at radius 2 is 1.64 bits per heavy atom. The van der Waals surface area contributed by atoms with Gasteiger partial charge in [-0.15, -0.1) is 0 Å². The highest BCUT2D eigenvalue weighted by molar-refractivity contribution is 7.07. The summed E-state index contributed by atoms with van der Waals surface area (Å²) in [6.07, 6.45) is 1.67. The van der Waals surface area contributed by atoms with Gasteiger partial charge in [0, 0.05) is 5.56 Å². The molecule has 0 saturated carbocycles. The van der Waals surface area contributed by atoms with Gasteiger partial charge >= 0.3 is 5.97 Å². The van der Waals surface area contributed by atoms with Crippen molar-refractivity contribution in [2.24, 2.45) is 16.0 Å². The van der Waals surface area contributed by atoms with E-state index in [1.807, 2.05) is 84.9 Å². The number of carbonyl (C=O) groups excluding carboxylic acids is 2. The smallest absolute Gasteiger partial charge is 0.338 e. The summed E-state index contributed by atoms with van der Waals surface area (Å²) in [5.74, 6) is -1.17. The quantitative estimate of drug-likeness (QED) is 0.276. The topological polar surface area (TPSA) is 93.3 Å². The first-order valence-electron chi connectivity index (χ1n) is 14.6. The second-order valence-corrected chi connectivity index (χ2v) is 12.0. The number of thiazole rings is 1. The van der Waals surface area contributed by atoms with Crippen LogP contribution in [0.15, 0.2) is 105 Å². The number of ether oxygens (including phenoxy) is 1. The Kier molecular flexibility index (Phi) is 7.97. The first kappa shape index (κ1) is 29.2. The number of hydrazone groups is 1. The van der Waals surface area contributed by atoms with Crippen molar-refractivity contribution in [1.29, 1.82) is 0 Å². The lowest BCUT2D eigenvalue weighted by Crippen LogP contribution is -2.40. The molecule has 8 nitrogen and oxygen atoms in total. The summed E-state index contributed by atoms with van der Waals surface area (Å²) in [6, 6.07) is 25.8. The van der Waals surface area contributed by atoms with Crippen molar-refractivity contribution in [3.8, 4) is 0 Å². The summed E-state index contributed by atoms with van der Waals surface area (Å²) in [7, 11) is 0. The molecule has 1 amide bonds. The molecular weight excluding hydrogens is 572 g/mol. The average Bonchev–Trinajstić information content (AvgIpc) is 3.51. The fourth-order valence-electron chi connectivity index (χ4n) is 5.51. The van der Waals surface area contributed by atoms with Crippen LogP contribution in [0, 0.1) is 5.92 Å². The number of hydrogen-bond acceptors (Lipinski definition) is 7. The molecular formula is C35H32N4O4S. The Hall–Kier alpha value is -4.89. The van der Waals surface area contributed by atoms with E-state index in [-0.39, 0.29) is 18.1 Å². The Morgan fingerprint density at radius 3 is 2.27 bits per heavy atom. The standard InChI is InChI=1S/C35H32N4O4S/c1-5-43-34(42)29-30(24-12-8-6-9-13-24)36-35-38(31(29)25-18-16-23(17-19-25)21(2)3)33(41)28(44-35)20-27-22(4)37-39(32(27)40)26-14-10-7-11-15-26/h6-21,27,31H,5H2,1-4H3/b28-20+/t27-,31+/m1/s1. The Morgan fingerprint density at radius 1 is 0.977 bits per heavy atom. The zero-order chi connectivity index (χ0) is 31.0. The minimum Gasteiger partial charge on any atom is -0.463 e. The SMILES string of the molecule is CCOC(=O)C1=C(c2ccccc2)N=c2s/c(=C/[C@H]3C(=O)N(c4ccccc4)N=C3C)c(=O)n2[C@H]1c1ccc(C(C)C)cc1. The zero-order valence-electron chi connectivity index (χ0n) is 24.9. The number of rotatable bonds is 7. The molecule has 1 aromatic heterocycles. The van der Waals surface area contributed by atoms with Gasteiger partial charge in [-0.1, -0.05) is 98.0 Å². The van der Waals surface area contributed by atoms with E-state index in [4.69, 9.17) is 9.73 Å². The normalized spacial score (nSPS) is 18.4. The molecule has 222 valence electrons. The van der Waals surface area contributed by atoms with Gasteiger partial charge in [0.05, 0.1) is 39.9 Å². The molecule has 0 aliphatic carbocycles. The van der Waals surface area contributed by atoms with E-state index in [9.17, 15) is 14.4 Å². The van der Waals surface area contributed by atoms with E-state index in [1.54, 1.807) is 24.5 Å². The highest BCUT2D eigenvalue weighted by Gasteiger charge is 2.37. The van der Waals surface area contributed by atoms with Gasteiger partial charge in [0.15, 0.2) is 4.80 Å². The number of nitrogens with zero attached hydrogens (tertiary/aromatic N) is 4. The van der Waals surface area contributed by atoms with Crippen LogP contribution in [-0.2, 0) is 14.3 Å². The maximum absolute atomic E-state index is 14.2. The number of amides is 1. The van der Waals surface area contributed by atoms with Crippen molar-refractivity contribution < 1.29 is 14.3 Å². The van der Waals surface area contributed by atoms with Crippen LogP contribution in [0.2, 0.25) is 0 Å². The molecule has 6 rings (SSSR count). The summed E-state index contributed by atoms with van der Waals surface area (Å²) in [4.78, 5) is 46.7. The predicted octanol–water partition coefficient (Wildman–Crippen LogP) is 5.05. The maximum Gasteiger partial charge on any atom is 0.338 e. The summed E-state index contributed by atoms with van der Waals surface area (Å²) < 4.78 is 7.47. The van der Waals surface area contributed by atoms with Crippen molar-refractivity contribution >= 4 is 46.4 Å². The Labute approximate surface area is 259 Å². The van der Waals surface area contributed by atoms with Gasteiger partial charge < -0.3 is 4.74 Å². The number of carbonyl (C=O) groups is 2. The van der Waals surface area contributed by atoms with Crippen LogP contribution in [0.4, 0.5) is 5.69 Å². The van der Waals surface area contributed by atoms with E-state index in [1.165, 1.54) is 16.3 Å². The summed E-state index contributed by atoms with van der Waals surface area (Å²) in [6.45, 7) is 7.94. The molecule has 0 saturated heterocycles. The molecule has 0 fully saturated rings. The lowest BCUT2D eigenvalue weighted by Gasteiger charge is -2.26. The van der Waals surface area contributed by atoms with Gasteiger partial charge in [0.25, 0.3) is 11.5 Å². The van der Waals surface area contributed by atoms with Crippen LogP contribution in [0.25, 0.3) is 11.8 Å². The van der Waals surface area contributed by atoms with Crippen molar-refractivity contribution in [3.63, 3.8) is 0 Å². The maximum atomic E-state index is 14.2. The van der Waals surface area contributed by atoms with E-state index in [0.717, 1.165) is 16.7 Å². The number of fused-ring (bicyclic) bond motifs is 1. The van der Waals surface area contributed by atoms with Crippen molar-refractivity contribution in [2.75, 3.05) is 11.6 Å². The van der Waals surface area contributed by atoms with Crippen molar-refractivity contribution in [1.82, 2.24) is 4.57 Å². The lowest BCUT2D eigenvalue weighted by molar-refractivity contribution is -0.138. The summed E-state index contributed by atoms with van der Waals surface area (Å²) in [5, 5.41) is 5.87. The van der Waals surface area contributed by atoms with E-state index in [0.29, 0.717) is 37.9 Å². The van der Waals surface area contributed by atoms with Crippen LogP contribution in [0.3, 0.4) is 0 Å². The van der Waals surface area contributed by atoms with Crippen LogP contribution in [0.1, 0.15) is 56.3 Å². The van der Waals surface area contributed by atoms with E-state index in [2.05, 4.69) is 18.9 Å². The molecule has 4 aromatic rings. The molecule has 44 heavy (non-hydrogen) atoms. The second kappa shape index (κ2) is 12.0. The molecule has 2 aliphatic heterocycles. The van der Waals surface area contributed by atoms with Crippen LogP contribution < -0.4 is 19.9 Å². The largest absolute Gasteiger partial charge is 0.463 e. The van der Waals surface area contributed by atoms with Crippen LogP contribution in [0.5, 0.6) is 0 Å². The molecule has 2 atom stereocenters. The van der Waals surface area contributed by atoms with E-state index >= 15 is 0 Å². The monoisotopic (exact) mass is 604 g/mol. The molecule has 2 aliphatic rings. The fourth-order valence-corrected chi connectivity index (χ4v) is 6.52. The van der Waals surface area contributed by atoms with Crippen molar-refractivity contribution in [2.45, 2.75) is 39.7 Å². The van der Waals surface area contributed by atoms with Gasteiger partial charge in [0.2, 0.25) is 0 Å². The first-order chi connectivity index (χ1) is 21.3. The average molecular weight is 605 g/mol. The molecule has 0 N–H and O–H groups in total. The van der Waals surface area contributed by atoms with E-state index < -0.39 is 17.9 Å². The molecule has 3 aromatic carbocycles. The predicted molar refractivity (Wildman–Crippen MR) is 173 cm³/mol. The number of hydrogen-bond donors (Lipinski definition) is 0. The van der Waals surface area contributed by atoms with Crippen molar-refractivity contribution in [3.05, 3.63) is 127 Å². The van der Waals surface area contributed by atoms with Crippen LogP contribution >= 0.6 is 11.3 Å². The molecule has 0 unspecified atom stereocenters. The lowest BCUT2D eigenvalue weighted by atomic mass is 9.91. The fraction of sp³-hybridized carbons (Fsp3) is 0.229. The minimum absolute atomic E-state index is 0.175. The molecule has 0 spiro atoms. The second-order valence-electron chi connectivity index (χ2n) is 11.0. The summed E-state index contributed by atoms with van der Waals surface area (Å²) in [5.41, 5.74) is 4.30. The number of anilines is 1. The highest BCUT2D eigenvalue weighted by Crippen LogP contribution is 2.35. The molecule has 0 bridgehead atoms. The van der Waals surface area contributed by atoms with Gasteiger partial charge in [-0.25, -0.2) is 9.79 Å². The zero-order valence-corrected chi connectivity index (χ0v) is 25.7. The molecule has 3 heterocycles. The Balaban J connectivity index is 1.55. The first-order valence-corrected chi connectivity index (χ1v) is 15.4. The number of esters is 1. The summed E-state index contributed by atoms with van der Waals surface area (Å²) >= 11 is 1.20. The highest BCUT2D eigenvalue weighted by atomic mass is 32.1. The van der Waals surface area contributed by atoms with Gasteiger partial charge in [-0.3, -0.25) is 14.2 Å². The number of benzene rings is 3. The third kappa shape index (κ3) is 5.24. The third-order valence-electron chi connectivity index (χ3n) is 7.79. The van der Waals surface area contributed by atoms with Gasteiger partial charge in [0.1, 0.15) is 5.92 Å². The number of para-hydroxylation sites is 1. The Bertz CT molecular complexity index is 1970. The minimum atomic E-state index is -0.779. The van der Waals surface area contributed by atoms with Crippen LogP contribution in [-0.4, -0.2) is 28.8 Å². The molecule has 0 radical (unpaired) electrons. The van der Waals surface area contributed by atoms with Gasteiger partial charge in [-0.2, -0.15) is 10.1 Å². The molecule has 9 heteroatoms.